The molecule has 21 heavy (non-hydrogen) atoms. The summed E-state index contributed by atoms with van der Waals surface area (Å²) in [6, 6.07) is 7.91. The summed E-state index contributed by atoms with van der Waals surface area (Å²) in [5.74, 6) is 0.00857. The van der Waals surface area contributed by atoms with E-state index in [9.17, 15) is 4.79 Å². The SMILES string of the molecule is CCCCN(CC)c1ccc(C(=O)NCCCNC)cc1. The van der Waals surface area contributed by atoms with Gasteiger partial charge in [-0.05, 0) is 57.6 Å². The van der Waals surface area contributed by atoms with Gasteiger partial charge in [-0.25, -0.2) is 0 Å². The Kier molecular flexibility index (Phi) is 8.51. The molecule has 1 amide bonds. The molecule has 118 valence electrons. The first kappa shape index (κ1) is 17.5. The van der Waals surface area contributed by atoms with Crippen LogP contribution < -0.4 is 15.5 Å². The van der Waals surface area contributed by atoms with Crippen LogP contribution in [0.5, 0.6) is 0 Å². The van der Waals surface area contributed by atoms with E-state index in [1.807, 2.05) is 31.3 Å². The number of nitrogens with zero attached hydrogens (tertiary/aromatic N) is 1. The topological polar surface area (TPSA) is 44.4 Å². The van der Waals surface area contributed by atoms with Crippen molar-refractivity contribution in [2.45, 2.75) is 33.1 Å². The molecule has 4 heteroatoms. The van der Waals surface area contributed by atoms with Gasteiger partial charge >= 0.3 is 0 Å². The highest BCUT2D eigenvalue weighted by atomic mass is 16.1. The fourth-order valence-electron chi connectivity index (χ4n) is 2.21. The van der Waals surface area contributed by atoms with Gasteiger partial charge in [0.2, 0.25) is 0 Å². The minimum Gasteiger partial charge on any atom is -0.372 e. The standard InChI is InChI=1S/C17H29N3O/c1-4-6-14-20(5-2)16-10-8-15(9-11-16)17(21)19-13-7-12-18-3/h8-11,18H,4-7,12-14H2,1-3H3,(H,19,21). The number of carbonyl (C=O) groups is 1. The van der Waals surface area contributed by atoms with Crippen molar-refractivity contribution in [3.8, 4) is 0 Å². The van der Waals surface area contributed by atoms with E-state index in [2.05, 4.69) is 29.4 Å². The summed E-state index contributed by atoms with van der Waals surface area (Å²) in [6.07, 6.45) is 3.34. The average molecular weight is 291 g/mol. The van der Waals surface area contributed by atoms with Gasteiger partial charge in [0.05, 0.1) is 0 Å². The monoisotopic (exact) mass is 291 g/mol. The Morgan fingerprint density at radius 2 is 1.81 bits per heavy atom. The maximum absolute atomic E-state index is 12.0. The van der Waals surface area contributed by atoms with Crippen molar-refractivity contribution in [1.29, 1.82) is 0 Å². The van der Waals surface area contributed by atoms with Crippen molar-refractivity contribution in [1.82, 2.24) is 10.6 Å². The molecule has 0 aliphatic heterocycles. The molecule has 1 rings (SSSR count). The molecule has 0 spiro atoms. The molecular formula is C17H29N3O. The molecule has 0 saturated heterocycles. The van der Waals surface area contributed by atoms with E-state index in [4.69, 9.17) is 0 Å². The van der Waals surface area contributed by atoms with Crippen molar-refractivity contribution in [2.24, 2.45) is 0 Å². The Bertz CT molecular complexity index is 403. The average Bonchev–Trinajstić information content (AvgIpc) is 2.52. The number of hydrogen-bond donors (Lipinski definition) is 2. The lowest BCUT2D eigenvalue weighted by Crippen LogP contribution is -2.27. The third-order valence-corrected chi connectivity index (χ3v) is 3.55. The molecule has 0 saturated carbocycles. The number of rotatable bonds is 10. The highest BCUT2D eigenvalue weighted by molar-refractivity contribution is 5.94. The van der Waals surface area contributed by atoms with Gasteiger partial charge < -0.3 is 15.5 Å². The quantitative estimate of drug-likeness (QED) is 0.651. The number of carbonyl (C=O) groups excluding carboxylic acids is 1. The maximum atomic E-state index is 12.0. The number of anilines is 1. The molecule has 1 aromatic carbocycles. The fourth-order valence-corrected chi connectivity index (χ4v) is 2.21. The zero-order valence-corrected chi connectivity index (χ0v) is 13.6. The number of benzene rings is 1. The summed E-state index contributed by atoms with van der Waals surface area (Å²) in [5.41, 5.74) is 1.92. The molecule has 2 N–H and O–H groups in total. The van der Waals surface area contributed by atoms with E-state index in [1.54, 1.807) is 0 Å². The van der Waals surface area contributed by atoms with E-state index in [1.165, 1.54) is 18.5 Å². The van der Waals surface area contributed by atoms with Crippen LogP contribution in [-0.2, 0) is 0 Å². The largest absolute Gasteiger partial charge is 0.372 e. The summed E-state index contributed by atoms with van der Waals surface area (Å²) in [6.45, 7) is 8.06. The van der Waals surface area contributed by atoms with Crippen LogP contribution in [0.2, 0.25) is 0 Å². The molecule has 0 aliphatic rings. The highest BCUT2D eigenvalue weighted by Gasteiger charge is 2.07. The van der Waals surface area contributed by atoms with Gasteiger partial charge in [-0.1, -0.05) is 13.3 Å². The van der Waals surface area contributed by atoms with Crippen LogP contribution in [0.15, 0.2) is 24.3 Å². The number of unbranched alkanes of at least 4 members (excludes halogenated alkanes) is 1. The van der Waals surface area contributed by atoms with Crippen molar-refractivity contribution in [3.63, 3.8) is 0 Å². The molecule has 0 fully saturated rings. The van der Waals surface area contributed by atoms with E-state index >= 15 is 0 Å². The first-order chi connectivity index (χ1) is 10.2. The molecule has 0 bridgehead atoms. The second-order valence-electron chi connectivity index (χ2n) is 5.19. The smallest absolute Gasteiger partial charge is 0.251 e. The third kappa shape index (κ3) is 6.17. The van der Waals surface area contributed by atoms with E-state index in [0.29, 0.717) is 6.54 Å². The molecule has 0 aromatic heterocycles. The Hall–Kier alpha value is -1.55. The van der Waals surface area contributed by atoms with Gasteiger partial charge in [0.15, 0.2) is 0 Å². The molecule has 0 unspecified atom stereocenters. The summed E-state index contributed by atoms with van der Waals surface area (Å²) >= 11 is 0. The van der Waals surface area contributed by atoms with Gasteiger partial charge in [-0.3, -0.25) is 4.79 Å². The molecular weight excluding hydrogens is 262 g/mol. The Balaban J connectivity index is 2.53. The zero-order chi connectivity index (χ0) is 15.5. The van der Waals surface area contributed by atoms with Crippen molar-refractivity contribution < 1.29 is 4.79 Å². The number of amides is 1. The second-order valence-corrected chi connectivity index (χ2v) is 5.19. The maximum Gasteiger partial charge on any atom is 0.251 e. The zero-order valence-electron chi connectivity index (χ0n) is 13.6. The summed E-state index contributed by atoms with van der Waals surface area (Å²) in [4.78, 5) is 14.3. The summed E-state index contributed by atoms with van der Waals surface area (Å²) in [5, 5.41) is 6.01. The van der Waals surface area contributed by atoms with Gasteiger partial charge in [0.25, 0.3) is 5.91 Å². The highest BCUT2D eigenvalue weighted by Crippen LogP contribution is 2.16. The van der Waals surface area contributed by atoms with Crippen LogP contribution >= 0.6 is 0 Å². The van der Waals surface area contributed by atoms with E-state index in [-0.39, 0.29) is 5.91 Å². The van der Waals surface area contributed by atoms with Gasteiger partial charge in [-0.2, -0.15) is 0 Å². The van der Waals surface area contributed by atoms with Crippen molar-refractivity contribution >= 4 is 11.6 Å². The summed E-state index contributed by atoms with van der Waals surface area (Å²) in [7, 11) is 1.92. The Morgan fingerprint density at radius 1 is 1.10 bits per heavy atom. The van der Waals surface area contributed by atoms with Crippen LogP contribution in [0.3, 0.4) is 0 Å². The fraction of sp³-hybridized carbons (Fsp3) is 0.588. The van der Waals surface area contributed by atoms with Crippen LogP contribution in [0.25, 0.3) is 0 Å². The van der Waals surface area contributed by atoms with Crippen LogP contribution in [0.4, 0.5) is 5.69 Å². The minimum atomic E-state index is 0.00857. The third-order valence-electron chi connectivity index (χ3n) is 3.55. The number of nitrogens with one attached hydrogen (secondary N) is 2. The second kappa shape index (κ2) is 10.2. The Morgan fingerprint density at radius 3 is 2.38 bits per heavy atom. The Labute approximate surface area is 128 Å². The predicted molar refractivity (Wildman–Crippen MR) is 90.1 cm³/mol. The lowest BCUT2D eigenvalue weighted by Gasteiger charge is -2.23. The minimum absolute atomic E-state index is 0.00857. The summed E-state index contributed by atoms with van der Waals surface area (Å²) < 4.78 is 0. The van der Waals surface area contributed by atoms with Crippen LogP contribution in [-0.4, -0.2) is 39.1 Å². The molecule has 0 radical (unpaired) electrons. The number of hydrogen-bond acceptors (Lipinski definition) is 3. The lowest BCUT2D eigenvalue weighted by molar-refractivity contribution is 0.0953. The van der Waals surface area contributed by atoms with Crippen molar-refractivity contribution in [3.05, 3.63) is 29.8 Å². The van der Waals surface area contributed by atoms with Gasteiger partial charge in [0, 0.05) is 30.9 Å². The van der Waals surface area contributed by atoms with Gasteiger partial charge in [-0.15, -0.1) is 0 Å². The molecule has 0 heterocycles. The molecule has 0 atom stereocenters. The van der Waals surface area contributed by atoms with Crippen LogP contribution in [0, 0.1) is 0 Å². The molecule has 1 aromatic rings. The normalized spacial score (nSPS) is 10.4. The molecule has 0 aliphatic carbocycles. The molecule has 4 nitrogen and oxygen atoms in total. The van der Waals surface area contributed by atoms with E-state index < -0.39 is 0 Å². The lowest BCUT2D eigenvalue weighted by atomic mass is 10.1. The first-order valence-corrected chi connectivity index (χ1v) is 8.00. The predicted octanol–water partition coefficient (Wildman–Crippen LogP) is 2.65. The van der Waals surface area contributed by atoms with Crippen LogP contribution in [0.1, 0.15) is 43.5 Å². The van der Waals surface area contributed by atoms with Gasteiger partial charge in [0.1, 0.15) is 0 Å². The first-order valence-electron chi connectivity index (χ1n) is 8.00. The van der Waals surface area contributed by atoms with E-state index in [0.717, 1.165) is 31.6 Å². The van der Waals surface area contributed by atoms with Crippen molar-refractivity contribution in [2.75, 3.05) is 38.1 Å².